The van der Waals surface area contributed by atoms with E-state index in [0.717, 1.165) is 35.9 Å². The normalized spacial score (nSPS) is 10.9. The molecule has 3 rings (SSSR count). The van der Waals surface area contributed by atoms with Crippen LogP contribution in [0.4, 0.5) is 5.69 Å². The highest BCUT2D eigenvalue weighted by Gasteiger charge is 2.06. The van der Waals surface area contributed by atoms with Crippen molar-refractivity contribution in [3.63, 3.8) is 0 Å². The van der Waals surface area contributed by atoms with Crippen LogP contribution in [0.2, 0.25) is 0 Å². The van der Waals surface area contributed by atoms with Crippen LogP contribution in [0.1, 0.15) is 30.0 Å². The van der Waals surface area contributed by atoms with Gasteiger partial charge in [-0.05, 0) is 49.4 Å². The largest absolute Gasteiger partial charge is 0.359 e. The Kier molecular flexibility index (Phi) is 4.47. The van der Waals surface area contributed by atoms with Crippen LogP contribution in [0.3, 0.4) is 0 Å². The van der Waals surface area contributed by atoms with Gasteiger partial charge >= 0.3 is 0 Å². The molecule has 1 heterocycles. The number of anilines is 1. The third-order valence-corrected chi connectivity index (χ3v) is 4.11. The molecule has 0 fully saturated rings. The maximum atomic E-state index is 11.3. The third kappa shape index (κ3) is 3.81. The highest BCUT2D eigenvalue weighted by molar-refractivity contribution is 6.01. The van der Waals surface area contributed by atoms with Gasteiger partial charge in [0, 0.05) is 24.0 Å². The number of hydrogen-bond donors (Lipinski definition) is 2. The fourth-order valence-corrected chi connectivity index (χ4v) is 2.87. The number of carbonyl (C=O) groups is 1. The Bertz CT molecular complexity index is 815. The smallest absolute Gasteiger partial charge is 0.221 e. The minimum Gasteiger partial charge on any atom is -0.359 e. The SMILES string of the molecule is CC(=O)Nc1c[nH]c2ccc(CCCc3ccc(C)cc3)cc12. The lowest BCUT2D eigenvalue weighted by Crippen LogP contribution is -2.04. The number of aromatic amines is 1. The molecule has 3 nitrogen and oxygen atoms in total. The summed E-state index contributed by atoms with van der Waals surface area (Å²) < 4.78 is 0. The van der Waals surface area contributed by atoms with Gasteiger partial charge in [0.25, 0.3) is 0 Å². The number of H-pyrrole nitrogens is 1. The molecule has 0 radical (unpaired) electrons. The maximum Gasteiger partial charge on any atom is 0.221 e. The Morgan fingerprint density at radius 2 is 1.74 bits per heavy atom. The van der Waals surface area contributed by atoms with Crippen molar-refractivity contribution in [2.75, 3.05) is 5.32 Å². The summed E-state index contributed by atoms with van der Waals surface area (Å²) in [5.41, 5.74) is 5.90. The summed E-state index contributed by atoms with van der Waals surface area (Å²) in [6.45, 7) is 3.65. The molecule has 0 saturated carbocycles. The van der Waals surface area contributed by atoms with Crippen molar-refractivity contribution >= 4 is 22.5 Å². The van der Waals surface area contributed by atoms with Crippen LogP contribution in [0.5, 0.6) is 0 Å². The van der Waals surface area contributed by atoms with Gasteiger partial charge in [0.2, 0.25) is 5.91 Å². The lowest BCUT2D eigenvalue weighted by molar-refractivity contribution is -0.114. The molecule has 0 aliphatic carbocycles. The number of aromatic nitrogens is 1. The molecule has 1 amide bonds. The fraction of sp³-hybridized carbons (Fsp3) is 0.250. The molecule has 0 spiro atoms. The van der Waals surface area contributed by atoms with E-state index >= 15 is 0 Å². The van der Waals surface area contributed by atoms with Crippen LogP contribution in [-0.4, -0.2) is 10.9 Å². The van der Waals surface area contributed by atoms with Crippen LogP contribution >= 0.6 is 0 Å². The van der Waals surface area contributed by atoms with Gasteiger partial charge in [-0.25, -0.2) is 0 Å². The molecule has 2 aromatic carbocycles. The molecule has 0 aliphatic rings. The highest BCUT2D eigenvalue weighted by Crippen LogP contribution is 2.25. The Morgan fingerprint density at radius 1 is 1.04 bits per heavy atom. The van der Waals surface area contributed by atoms with E-state index in [-0.39, 0.29) is 5.91 Å². The summed E-state index contributed by atoms with van der Waals surface area (Å²) >= 11 is 0. The van der Waals surface area contributed by atoms with Crippen molar-refractivity contribution in [3.8, 4) is 0 Å². The predicted molar refractivity (Wildman–Crippen MR) is 95.8 cm³/mol. The number of amides is 1. The van der Waals surface area contributed by atoms with Crippen LogP contribution in [0.25, 0.3) is 10.9 Å². The molecular weight excluding hydrogens is 284 g/mol. The summed E-state index contributed by atoms with van der Waals surface area (Å²) in [6.07, 6.45) is 5.09. The van der Waals surface area contributed by atoms with Crippen LogP contribution < -0.4 is 5.32 Å². The minimum atomic E-state index is -0.0457. The molecule has 1 aromatic heterocycles. The molecule has 3 heteroatoms. The predicted octanol–water partition coefficient (Wildman–Crippen LogP) is 4.61. The average molecular weight is 306 g/mol. The zero-order chi connectivity index (χ0) is 16.2. The highest BCUT2D eigenvalue weighted by atomic mass is 16.1. The molecule has 0 atom stereocenters. The number of fused-ring (bicyclic) bond motifs is 1. The van der Waals surface area contributed by atoms with Gasteiger partial charge in [-0.15, -0.1) is 0 Å². The van der Waals surface area contributed by atoms with E-state index in [4.69, 9.17) is 0 Å². The molecule has 118 valence electrons. The molecule has 23 heavy (non-hydrogen) atoms. The van der Waals surface area contributed by atoms with Gasteiger partial charge in [0.05, 0.1) is 5.69 Å². The number of rotatable bonds is 5. The Balaban J connectivity index is 1.67. The first-order valence-corrected chi connectivity index (χ1v) is 8.05. The van der Waals surface area contributed by atoms with Crippen LogP contribution in [-0.2, 0) is 17.6 Å². The summed E-state index contributed by atoms with van der Waals surface area (Å²) in [4.78, 5) is 14.5. The van der Waals surface area contributed by atoms with E-state index in [1.54, 1.807) is 0 Å². The van der Waals surface area contributed by atoms with Crippen molar-refractivity contribution in [2.45, 2.75) is 33.1 Å². The van der Waals surface area contributed by atoms with E-state index in [2.05, 4.69) is 59.7 Å². The molecule has 0 aliphatic heterocycles. The zero-order valence-corrected chi connectivity index (χ0v) is 13.6. The Morgan fingerprint density at radius 3 is 2.48 bits per heavy atom. The lowest BCUT2D eigenvalue weighted by Gasteiger charge is -2.05. The summed E-state index contributed by atoms with van der Waals surface area (Å²) in [7, 11) is 0. The molecule has 2 N–H and O–H groups in total. The summed E-state index contributed by atoms with van der Waals surface area (Å²) in [5.74, 6) is -0.0457. The van der Waals surface area contributed by atoms with Gasteiger partial charge < -0.3 is 10.3 Å². The lowest BCUT2D eigenvalue weighted by atomic mass is 10.0. The first kappa shape index (κ1) is 15.3. The van der Waals surface area contributed by atoms with Crippen molar-refractivity contribution in [3.05, 3.63) is 65.4 Å². The van der Waals surface area contributed by atoms with Crippen molar-refractivity contribution in [1.29, 1.82) is 0 Å². The fourth-order valence-electron chi connectivity index (χ4n) is 2.87. The number of benzene rings is 2. The summed E-state index contributed by atoms with van der Waals surface area (Å²) in [6, 6.07) is 15.2. The summed E-state index contributed by atoms with van der Waals surface area (Å²) in [5, 5.41) is 3.95. The second kappa shape index (κ2) is 6.69. The molecule has 0 bridgehead atoms. The van der Waals surface area contributed by atoms with E-state index in [9.17, 15) is 4.79 Å². The van der Waals surface area contributed by atoms with E-state index < -0.39 is 0 Å². The standard InChI is InChI=1S/C20H22N2O/c1-14-6-8-16(9-7-14)4-3-5-17-10-11-19-18(12-17)20(13-21-19)22-15(2)23/h6-13,21H,3-5H2,1-2H3,(H,22,23). The average Bonchev–Trinajstić information content (AvgIpc) is 2.91. The first-order chi connectivity index (χ1) is 11.1. The second-order valence-electron chi connectivity index (χ2n) is 6.10. The van der Waals surface area contributed by atoms with Crippen molar-refractivity contribution < 1.29 is 4.79 Å². The van der Waals surface area contributed by atoms with E-state index in [1.165, 1.54) is 23.6 Å². The topological polar surface area (TPSA) is 44.9 Å². The van der Waals surface area contributed by atoms with Gasteiger partial charge in [0.15, 0.2) is 0 Å². The minimum absolute atomic E-state index is 0.0457. The number of hydrogen-bond acceptors (Lipinski definition) is 1. The van der Waals surface area contributed by atoms with Crippen LogP contribution in [0.15, 0.2) is 48.7 Å². The number of carbonyl (C=O) groups excluding carboxylic acids is 1. The van der Waals surface area contributed by atoms with Gasteiger partial charge in [-0.3, -0.25) is 4.79 Å². The number of aryl methyl sites for hydroxylation is 3. The van der Waals surface area contributed by atoms with Gasteiger partial charge in [-0.1, -0.05) is 35.9 Å². The quantitative estimate of drug-likeness (QED) is 0.710. The third-order valence-electron chi connectivity index (χ3n) is 4.11. The monoisotopic (exact) mass is 306 g/mol. The van der Waals surface area contributed by atoms with E-state index in [0.29, 0.717) is 0 Å². The Labute approximate surface area is 136 Å². The first-order valence-electron chi connectivity index (χ1n) is 8.05. The number of nitrogens with one attached hydrogen (secondary N) is 2. The van der Waals surface area contributed by atoms with E-state index in [1.807, 2.05) is 6.20 Å². The zero-order valence-electron chi connectivity index (χ0n) is 13.6. The Hall–Kier alpha value is -2.55. The maximum absolute atomic E-state index is 11.3. The van der Waals surface area contributed by atoms with Crippen LogP contribution in [0, 0.1) is 6.92 Å². The van der Waals surface area contributed by atoms with Crippen molar-refractivity contribution in [1.82, 2.24) is 4.98 Å². The molecule has 0 saturated heterocycles. The van der Waals surface area contributed by atoms with Gasteiger partial charge in [0.1, 0.15) is 0 Å². The van der Waals surface area contributed by atoms with Crippen molar-refractivity contribution in [2.24, 2.45) is 0 Å². The molecule has 0 unspecified atom stereocenters. The second-order valence-corrected chi connectivity index (χ2v) is 6.10. The molecule has 3 aromatic rings. The molecular formula is C20H22N2O. The van der Waals surface area contributed by atoms with Gasteiger partial charge in [-0.2, -0.15) is 0 Å².